The lowest BCUT2D eigenvalue weighted by molar-refractivity contribution is -0.0114. The summed E-state index contributed by atoms with van der Waals surface area (Å²) in [5.41, 5.74) is 0. The first-order valence-electron chi connectivity index (χ1n) is 13.9. The molecule has 0 fully saturated rings. The van der Waals surface area contributed by atoms with Crippen LogP contribution in [-0.4, -0.2) is 70.5 Å². The van der Waals surface area contributed by atoms with Crippen LogP contribution in [0.25, 0.3) is 0 Å². The summed E-state index contributed by atoms with van der Waals surface area (Å²) in [6, 6.07) is 0. The Kier molecular flexibility index (Phi) is 33.1. The minimum Gasteiger partial charge on any atom is -0.379 e. The molecule has 0 N–H and O–H groups in total. The third-order valence-electron chi connectivity index (χ3n) is 5.55. The average Bonchev–Trinajstić information content (AvgIpc) is 2.83. The number of hydrogen-bond donors (Lipinski definition) is 0. The second kappa shape index (κ2) is 32.5. The summed E-state index contributed by atoms with van der Waals surface area (Å²) in [5, 5.41) is 0. The van der Waals surface area contributed by atoms with Crippen LogP contribution in [0, 0.1) is 0 Å². The van der Waals surface area contributed by atoms with Gasteiger partial charge < -0.3 is 23.7 Å². The Labute approximate surface area is 219 Å². The van der Waals surface area contributed by atoms with Gasteiger partial charge in [-0.2, -0.15) is 0 Å². The monoisotopic (exact) mass is 586 g/mol. The Bertz CT molecular complexity index is 304. The van der Waals surface area contributed by atoms with Gasteiger partial charge in [0.05, 0.1) is 52.9 Å². The minimum atomic E-state index is 0.606. The molecule has 0 saturated carbocycles. The maximum atomic E-state index is 5.64. The SMILES string of the molecule is CCCCCCCCCCCCCOCCOCCOCCOCCOCCCCCCI. The lowest BCUT2D eigenvalue weighted by Crippen LogP contribution is -2.13. The van der Waals surface area contributed by atoms with Crippen molar-refractivity contribution in [3.8, 4) is 0 Å². The van der Waals surface area contributed by atoms with Gasteiger partial charge in [0, 0.05) is 13.2 Å². The van der Waals surface area contributed by atoms with E-state index in [2.05, 4.69) is 29.5 Å². The molecule has 0 aromatic rings. The van der Waals surface area contributed by atoms with Crippen LogP contribution in [0.2, 0.25) is 0 Å². The maximum absolute atomic E-state index is 5.64. The van der Waals surface area contributed by atoms with Gasteiger partial charge in [0.1, 0.15) is 0 Å². The highest BCUT2D eigenvalue weighted by Crippen LogP contribution is 2.11. The Morgan fingerprint density at radius 2 is 0.606 bits per heavy atom. The highest BCUT2D eigenvalue weighted by atomic mass is 127. The smallest absolute Gasteiger partial charge is 0.0701 e. The second-order valence-corrected chi connectivity index (χ2v) is 9.78. The van der Waals surface area contributed by atoms with Gasteiger partial charge in [0.2, 0.25) is 0 Å². The first-order chi connectivity index (χ1) is 16.4. The molecule has 0 heterocycles. The van der Waals surface area contributed by atoms with Crippen molar-refractivity contribution in [3.05, 3.63) is 0 Å². The van der Waals surface area contributed by atoms with E-state index in [9.17, 15) is 0 Å². The minimum absolute atomic E-state index is 0.606. The number of ether oxygens (including phenoxy) is 5. The Morgan fingerprint density at radius 1 is 0.333 bits per heavy atom. The van der Waals surface area contributed by atoms with E-state index in [1.54, 1.807) is 0 Å². The van der Waals surface area contributed by atoms with Gasteiger partial charge >= 0.3 is 0 Å². The summed E-state index contributed by atoms with van der Waals surface area (Å²) in [6.07, 6.45) is 20.1. The van der Waals surface area contributed by atoms with Gasteiger partial charge in [-0.05, 0) is 23.7 Å². The Hall–Kier alpha value is 0.530. The van der Waals surface area contributed by atoms with Crippen LogP contribution in [0.1, 0.15) is 103 Å². The number of alkyl halides is 1. The van der Waals surface area contributed by atoms with Gasteiger partial charge in [-0.15, -0.1) is 0 Å². The van der Waals surface area contributed by atoms with Crippen molar-refractivity contribution in [2.75, 3.05) is 70.5 Å². The van der Waals surface area contributed by atoms with Crippen LogP contribution in [0.5, 0.6) is 0 Å². The molecule has 33 heavy (non-hydrogen) atoms. The van der Waals surface area contributed by atoms with E-state index in [1.165, 1.54) is 94.3 Å². The first-order valence-corrected chi connectivity index (χ1v) is 15.4. The standard InChI is InChI=1S/C27H55IO5/c1-2-3-4-5-6-7-8-9-10-12-15-18-29-20-22-31-24-26-33-27-25-32-23-21-30-19-16-13-11-14-17-28/h2-27H2,1H3. The lowest BCUT2D eigenvalue weighted by atomic mass is 10.1. The molecule has 6 heteroatoms. The maximum Gasteiger partial charge on any atom is 0.0701 e. The fraction of sp³-hybridized carbons (Fsp3) is 1.00. The zero-order valence-electron chi connectivity index (χ0n) is 21.8. The topological polar surface area (TPSA) is 46.2 Å². The van der Waals surface area contributed by atoms with Crippen molar-refractivity contribution in [2.24, 2.45) is 0 Å². The molecule has 0 aliphatic rings. The number of unbranched alkanes of at least 4 members (excludes halogenated alkanes) is 13. The van der Waals surface area contributed by atoms with Gasteiger partial charge in [-0.3, -0.25) is 0 Å². The molecule has 0 radical (unpaired) electrons. The highest BCUT2D eigenvalue weighted by Gasteiger charge is 1.96. The van der Waals surface area contributed by atoms with Crippen molar-refractivity contribution in [2.45, 2.75) is 103 Å². The summed E-state index contributed by atoms with van der Waals surface area (Å²) in [7, 11) is 0. The first kappa shape index (κ1) is 33.5. The van der Waals surface area contributed by atoms with E-state index >= 15 is 0 Å². The summed E-state index contributed by atoms with van der Waals surface area (Å²) in [4.78, 5) is 0. The van der Waals surface area contributed by atoms with Crippen LogP contribution in [0.15, 0.2) is 0 Å². The van der Waals surface area contributed by atoms with E-state index in [1.807, 2.05) is 0 Å². The molecule has 5 nitrogen and oxygen atoms in total. The van der Waals surface area contributed by atoms with Crippen molar-refractivity contribution in [1.82, 2.24) is 0 Å². The molecule has 0 aliphatic carbocycles. The summed E-state index contributed by atoms with van der Waals surface area (Å²) >= 11 is 2.43. The summed E-state index contributed by atoms with van der Waals surface area (Å²) < 4.78 is 29.0. The number of halogens is 1. The third kappa shape index (κ3) is 32.5. The zero-order valence-corrected chi connectivity index (χ0v) is 24.0. The van der Waals surface area contributed by atoms with Crippen LogP contribution >= 0.6 is 22.6 Å². The summed E-state index contributed by atoms with van der Waals surface area (Å²) in [5.74, 6) is 0. The van der Waals surface area contributed by atoms with E-state index in [4.69, 9.17) is 23.7 Å². The van der Waals surface area contributed by atoms with Gasteiger partial charge in [0.25, 0.3) is 0 Å². The van der Waals surface area contributed by atoms with Crippen LogP contribution in [0.3, 0.4) is 0 Å². The van der Waals surface area contributed by atoms with E-state index in [-0.39, 0.29) is 0 Å². The van der Waals surface area contributed by atoms with E-state index in [0.29, 0.717) is 52.9 Å². The number of rotatable bonds is 30. The molecule has 0 spiro atoms. The molecule has 0 aliphatic heterocycles. The average molecular weight is 587 g/mol. The van der Waals surface area contributed by atoms with Crippen molar-refractivity contribution in [3.63, 3.8) is 0 Å². The zero-order chi connectivity index (χ0) is 23.9. The molecule has 0 atom stereocenters. The largest absolute Gasteiger partial charge is 0.379 e. The van der Waals surface area contributed by atoms with Crippen LogP contribution in [-0.2, 0) is 23.7 Å². The molecule has 0 saturated heterocycles. The molecular weight excluding hydrogens is 531 g/mol. The molecule has 0 aromatic carbocycles. The molecule has 200 valence electrons. The number of hydrogen-bond acceptors (Lipinski definition) is 5. The fourth-order valence-corrected chi connectivity index (χ4v) is 4.04. The van der Waals surface area contributed by atoms with Crippen molar-refractivity contribution in [1.29, 1.82) is 0 Å². The van der Waals surface area contributed by atoms with Crippen LogP contribution < -0.4 is 0 Å². The van der Waals surface area contributed by atoms with E-state index < -0.39 is 0 Å². The predicted octanol–water partition coefficient (Wildman–Crippen LogP) is 7.38. The quantitative estimate of drug-likeness (QED) is 0.0500. The Morgan fingerprint density at radius 3 is 0.939 bits per heavy atom. The lowest BCUT2D eigenvalue weighted by Gasteiger charge is -2.08. The molecular formula is C27H55IO5. The molecule has 0 aromatic heterocycles. The van der Waals surface area contributed by atoms with Gasteiger partial charge in [0.15, 0.2) is 0 Å². The molecule has 0 amide bonds. The van der Waals surface area contributed by atoms with E-state index in [0.717, 1.165) is 19.6 Å². The van der Waals surface area contributed by atoms with Gasteiger partial charge in [-0.1, -0.05) is 107 Å². The third-order valence-corrected chi connectivity index (χ3v) is 6.32. The Balaban J connectivity index is 2.99. The molecule has 0 unspecified atom stereocenters. The van der Waals surface area contributed by atoms with Crippen molar-refractivity contribution < 1.29 is 23.7 Å². The summed E-state index contributed by atoms with van der Waals surface area (Å²) in [6.45, 7) is 9.07. The molecule has 0 bridgehead atoms. The normalized spacial score (nSPS) is 11.5. The fourth-order valence-electron chi connectivity index (χ4n) is 3.50. The predicted molar refractivity (Wildman–Crippen MR) is 148 cm³/mol. The van der Waals surface area contributed by atoms with Crippen LogP contribution in [0.4, 0.5) is 0 Å². The molecule has 0 rings (SSSR count). The van der Waals surface area contributed by atoms with Crippen molar-refractivity contribution >= 4 is 22.6 Å². The van der Waals surface area contributed by atoms with Gasteiger partial charge in [-0.25, -0.2) is 0 Å². The highest BCUT2D eigenvalue weighted by molar-refractivity contribution is 14.1. The second-order valence-electron chi connectivity index (χ2n) is 8.70.